The Morgan fingerprint density at radius 2 is 2.11 bits per heavy atom. The standard InChI is InChI=1S/C19H20N6O2/c1-20-14-5-3-4-13(10-14)17-15-16(23-24(17)2)18(26)25(12-22-15)11-19(27)6-8-21-9-7-19/h3-5,10,12,21,27H,6-9,11H2,2H3. The third kappa shape index (κ3) is 3.12. The number of nitrogens with one attached hydrogen (secondary N) is 1. The number of rotatable bonds is 3. The van der Waals surface area contributed by atoms with Crippen LogP contribution in [0.15, 0.2) is 35.4 Å². The highest BCUT2D eigenvalue weighted by Gasteiger charge is 2.30. The molecule has 3 aromatic rings. The molecule has 2 aromatic heterocycles. The van der Waals surface area contributed by atoms with Gasteiger partial charge in [0, 0.05) is 7.05 Å². The Morgan fingerprint density at radius 3 is 2.85 bits per heavy atom. The molecule has 0 amide bonds. The van der Waals surface area contributed by atoms with E-state index >= 15 is 0 Å². The number of fused-ring (bicyclic) bond motifs is 1. The Bertz CT molecular complexity index is 1100. The Morgan fingerprint density at radius 1 is 1.33 bits per heavy atom. The summed E-state index contributed by atoms with van der Waals surface area (Å²) in [7, 11) is 1.76. The second-order valence-corrected chi connectivity index (χ2v) is 6.98. The lowest BCUT2D eigenvalue weighted by Gasteiger charge is -2.32. The highest BCUT2D eigenvalue weighted by molar-refractivity contribution is 5.90. The summed E-state index contributed by atoms with van der Waals surface area (Å²) in [6.45, 7) is 8.85. The lowest BCUT2D eigenvalue weighted by atomic mass is 9.92. The summed E-state index contributed by atoms with van der Waals surface area (Å²) < 4.78 is 3.06. The van der Waals surface area contributed by atoms with Gasteiger partial charge >= 0.3 is 0 Å². The van der Waals surface area contributed by atoms with Gasteiger partial charge in [-0.2, -0.15) is 5.10 Å². The van der Waals surface area contributed by atoms with E-state index in [1.807, 2.05) is 6.07 Å². The van der Waals surface area contributed by atoms with Crippen molar-refractivity contribution in [1.82, 2.24) is 24.6 Å². The number of aryl methyl sites for hydroxylation is 1. The molecule has 1 aliphatic heterocycles. The molecular formula is C19H20N6O2. The molecule has 1 fully saturated rings. The fourth-order valence-electron chi connectivity index (χ4n) is 3.62. The van der Waals surface area contributed by atoms with Crippen molar-refractivity contribution in [1.29, 1.82) is 0 Å². The van der Waals surface area contributed by atoms with Gasteiger partial charge in [-0.05, 0) is 37.6 Å². The molecule has 8 nitrogen and oxygen atoms in total. The molecule has 0 radical (unpaired) electrons. The van der Waals surface area contributed by atoms with Crippen LogP contribution in [0.3, 0.4) is 0 Å². The largest absolute Gasteiger partial charge is 0.388 e. The van der Waals surface area contributed by atoms with E-state index < -0.39 is 5.60 Å². The Labute approximate surface area is 155 Å². The molecule has 0 atom stereocenters. The first kappa shape index (κ1) is 17.4. The average molecular weight is 364 g/mol. The van der Waals surface area contributed by atoms with Crippen LogP contribution in [0.2, 0.25) is 0 Å². The van der Waals surface area contributed by atoms with Crippen LogP contribution in [-0.4, -0.2) is 43.1 Å². The summed E-state index contributed by atoms with van der Waals surface area (Å²) in [5.74, 6) is 0. The van der Waals surface area contributed by atoms with Crippen molar-refractivity contribution in [2.45, 2.75) is 25.0 Å². The fourth-order valence-corrected chi connectivity index (χ4v) is 3.62. The lowest BCUT2D eigenvalue weighted by molar-refractivity contribution is -0.00628. The van der Waals surface area contributed by atoms with Gasteiger partial charge in [-0.25, -0.2) is 9.83 Å². The van der Waals surface area contributed by atoms with Crippen LogP contribution in [0.25, 0.3) is 27.1 Å². The number of piperidine rings is 1. The van der Waals surface area contributed by atoms with Crippen LogP contribution in [0.1, 0.15) is 12.8 Å². The van der Waals surface area contributed by atoms with Gasteiger partial charge in [0.25, 0.3) is 5.56 Å². The monoisotopic (exact) mass is 364 g/mol. The summed E-state index contributed by atoms with van der Waals surface area (Å²) in [6.07, 6.45) is 2.66. The Kier molecular flexibility index (Phi) is 4.26. The minimum Gasteiger partial charge on any atom is -0.388 e. The van der Waals surface area contributed by atoms with Crippen LogP contribution < -0.4 is 10.9 Å². The molecule has 2 N–H and O–H groups in total. The molecule has 0 aliphatic carbocycles. The van der Waals surface area contributed by atoms with Gasteiger partial charge < -0.3 is 10.4 Å². The topological polar surface area (TPSA) is 89.3 Å². The summed E-state index contributed by atoms with van der Waals surface area (Å²) in [4.78, 5) is 20.9. The SMILES string of the molecule is [C-]#[N+]c1cccc(-c2c3ncn(CC4(O)CCNCC4)c(=O)c3nn2C)c1. The first-order valence-electron chi connectivity index (χ1n) is 8.84. The van der Waals surface area contributed by atoms with E-state index in [0.717, 1.165) is 18.7 Å². The van der Waals surface area contributed by atoms with Crippen LogP contribution >= 0.6 is 0 Å². The first-order chi connectivity index (χ1) is 13.0. The summed E-state index contributed by atoms with van der Waals surface area (Å²) in [5.41, 5.74) is 1.58. The second-order valence-electron chi connectivity index (χ2n) is 6.98. The smallest absolute Gasteiger partial charge is 0.281 e. The van der Waals surface area contributed by atoms with E-state index in [9.17, 15) is 9.90 Å². The van der Waals surface area contributed by atoms with Crippen LogP contribution in [0, 0.1) is 6.57 Å². The molecule has 8 heteroatoms. The summed E-state index contributed by atoms with van der Waals surface area (Å²) >= 11 is 0. The molecule has 4 rings (SSSR count). The van der Waals surface area contributed by atoms with Gasteiger partial charge in [0.1, 0.15) is 5.52 Å². The average Bonchev–Trinajstić information content (AvgIpc) is 3.01. The zero-order valence-corrected chi connectivity index (χ0v) is 15.0. The predicted octanol–water partition coefficient (Wildman–Crippen LogP) is 1.46. The third-order valence-corrected chi connectivity index (χ3v) is 5.06. The fraction of sp³-hybridized carbons (Fsp3) is 0.368. The second kappa shape index (κ2) is 6.61. The van der Waals surface area contributed by atoms with E-state index in [4.69, 9.17) is 6.57 Å². The Hall–Kier alpha value is -3.02. The first-order valence-corrected chi connectivity index (χ1v) is 8.84. The molecular weight excluding hydrogens is 344 g/mol. The van der Waals surface area contributed by atoms with Gasteiger partial charge in [-0.3, -0.25) is 14.0 Å². The van der Waals surface area contributed by atoms with Gasteiger partial charge in [0.15, 0.2) is 11.2 Å². The van der Waals surface area contributed by atoms with Gasteiger partial charge in [0.2, 0.25) is 0 Å². The van der Waals surface area contributed by atoms with Crippen molar-refractivity contribution < 1.29 is 5.11 Å². The van der Waals surface area contributed by atoms with Crippen molar-refractivity contribution in [3.63, 3.8) is 0 Å². The van der Waals surface area contributed by atoms with Crippen molar-refractivity contribution in [2.75, 3.05) is 13.1 Å². The molecule has 27 heavy (non-hydrogen) atoms. The highest BCUT2D eigenvalue weighted by Crippen LogP contribution is 2.28. The minimum absolute atomic E-state index is 0.204. The molecule has 0 bridgehead atoms. The minimum atomic E-state index is -0.911. The highest BCUT2D eigenvalue weighted by atomic mass is 16.3. The van der Waals surface area contributed by atoms with E-state index in [1.54, 1.807) is 29.9 Å². The quantitative estimate of drug-likeness (QED) is 0.687. The molecule has 3 heterocycles. The number of benzene rings is 1. The van der Waals surface area contributed by atoms with Crippen LogP contribution in [-0.2, 0) is 13.6 Å². The molecule has 0 spiro atoms. The molecule has 138 valence electrons. The molecule has 1 saturated heterocycles. The number of hydrogen-bond acceptors (Lipinski definition) is 5. The van der Waals surface area contributed by atoms with E-state index in [0.29, 0.717) is 29.7 Å². The van der Waals surface area contributed by atoms with E-state index in [2.05, 4.69) is 20.2 Å². The van der Waals surface area contributed by atoms with Gasteiger partial charge in [-0.1, -0.05) is 18.2 Å². The van der Waals surface area contributed by atoms with Crippen molar-refractivity contribution in [3.05, 3.63) is 52.4 Å². The molecule has 1 aromatic carbocycles. The number of aromatic nitrogens is 4. The van der Waals surface area contributed by atoms with Gasteiger partial charge in [0.05, 0.1) is 30.7 Å². The number of hydrogen-bond donors (Lipinski definition) is 2. The van der Waals surface area contributed by atoms with Crippen molar-refractivity contribution in [3.8, 4) is 11.3 Å². The molecule has 1 aliphatic rings. The van der Waals surface area contributed by atoms with Crippen LogP contribution in [0.4, 0.5) is 5.69 Å². The Balaban J connectivity index is 1.79. The summed E-state index contributed by atoms with van der Waals surface area (Å²) in [6, 6.07) is 7.16. The van der Waals surface area contributed by atoms with Crippen molar-refractivity contribution >= 4 is 16.7 Å². The number of aliphatic hydroxyl groups is 1. The zero-order valence-electron chi connectivity index (χ0n) is 15.0. The normalized spacial score (nSPS) is 16.3. The maximum Gasteiger partial charge on any atom is 0.281 e. The van der Waals surface area contributed by atoms with E-state index in [1.165, 1.54) is 10.9 Å². The third-order valence-electron chi connectivity index (χ3n) is 5.06. The lowest BCUT2D eigenvalue weighted by Crippen LogP contribution is -2.46. The zero-order chi connectivity index (χ0) is 19.0. The van der Waals surface area contributed by atoms with Crippen molar-refractivity contribution in [2.24, 2.45) is 7.05 Å². The molecule has 0 saturated carbocycles. The van der Waals surface area contributed by atoms with E-state index in [-0.39, 0.29) is 17.6 Å². The maximum atomic E-state index is 12.9. The predicted molar refractivity (Wildman–Crippen MR) is 102 cm³/mol. The maximum absolute atomic E-state index is 12.9. The van der Waals surface area contributed by atoms with Crippen LogP contribution in [0.5, 0.6) is 0 Å². The molecule has 0 unspecified atom stereocenters. The number of nitrogens with zero attached hydrogens (tertiary/aromatic N) is 5. The summed E-state index contributed by atoms with van der Waals surface area (Å²) in [5, 5.41) is 18.3. The van der Waals surface area contributed by atoms with Gasteiger partial charge in [-0.15, -0.1) is 0 Å².